The first kappa shape index (κ1) is 16.8. The minimum absolute atomic E-state index is 0.0497. The summed E-state index contributed by atoms with van der Waals surface area (Å²) < 4.78 is 26.9. The summed E-state index contributed by atoms with van der Waals surface area (Å²) in [5, 5.41) is 2.80. The van der Waals surface area contributed by atoms with Crippen molar-refractivity contribution in [3.8, 4) is 0 Å². The van der Waals surface area contributed by atoms with Crippen molar-refractivity contribution < 1.29 is 13.6 Å². The molecule has 2 N–H and O–H groups in total. The summed E-state index contributed by atoms with van der Waals surface area (Å²) in [6.45, 7) is 5.58. The summed E-state index contributed by atoms with van der Waals surface area (Å²) in [4.78, 5) is 23.6. The fourth-order valence-corrected chi connectivity index (χ4v) is 2.85. The molecule has 2 aromatic rings. The van der Waals surface area contributed by atoms with Gasteiger partial charge in [0.25, 0.3) is 0 Å². The Morgan fingerprint density at radius 2 is 2.04 bits per heavy atom. The predicted octanol–water partition coefficient (Wildman–Crippen LogP) is 1.09. The molecule has 24 heavy (non-hydrogen) atoms. The number of nitrogens with one attached hydrogen (secondary N) is 2. The molecular weight excluding hydrogens is 316 g/mol. The fourth-order valence-electron chi connectivity index (χ4n) is 2.85. The van der Waals surface area contributed by atoms with E-state index in [0.29, 0.717) is 11.3 Å². The average Bonchev–Trinajstić information content (AvgIpc) is 3.00. The van der Waals surface area contributed by atoms with Gasteiger partial charge >= 0.3 is 0 Å². The molecular formula is C16H21F2N5O. The van der Waals surface area contributed by atoms with E-state index in [4.69, 9.17) is 0 Å². The normalized spacial score (nSPS) is 18.0. The number of fused-ring (bicyclic) bond motifs is 1. The molecule has 1 unspecified atom stereocenters. The topological polar surface area (TPSA) is 64.3 Å². The summed E-state index contributed by atoms with van der Waals surface area (Å²) >= 11 is 0. The number of aromatic amines is 1. The number of carbonyl (C=O) groups is 1. The molecule has 0 spiro atoms. The van der Waals surface area contributed by atoms with Gasteiger partial charge in [-0.2, -0.15) is 0 Å². The van der Waals surface area contributed by atoms with Gasteiger partial charge in [-0.05, 0) is 26.1 Å². The minimum atomic E-state index is -0.980. The van der Waals surface area contributed by atoms with E-state index < -0.39 is 11.6 Å². The molecule has 8 heteroatoms. The molecule has 0 bridgehead atoms. The van der Waals surface area contributed by atoms with E-state index in [2.05, 4.69) is 32.1 Å². The zero-order valence-corrected chi connectivity index (χ0v) is 13.8. The number of likely N-dealkylation sites (N-methyl/N-ethyl adjacent to an activating group) is 1. The van der Waals surface area contributed by atoms with Gasteiger partial charge < -0.3 is 15.2 Å². The van der Waals surface area contributed by atoms with Crippen LogP contribution in [-0.2, 0) is 11.3 Å². The third-order valence-electron chi connectivity index (χ3n) is 4.49. The molecule has 1 fully saturated rings. The number of rotatable bonds is 4. The van der Waals surface area contributed by atoms with E-state index in [1.54, 1.807) is 0 Å². The number of aromatic nitrogens is 2. The van der Waals surface area contributed by atoms with Gasteiger partial charge in [0.05, 0.1) is 18.1 Å². The average molecular weight is 337 g/mol. The molecule has 0 saturated carbocycles. The van der Waals surface area contributed by atoms with Crippen molar-refractivity contribution in [2.75, 3.05) is 33.2 Å². The van der Waals surface area contributed by atoms with Gasteiger partial charge in [-0.15, -0.1) is 0 Å². The molecule has 1 aromatic heterocycles. The molecule has 2 heterocycles. The Kier molecular flexibility index (Phi) is 4.77. The zero-order chi connectivity index (χ0) is 17.3. The Morgan fingerprint density at radius 3 is 2.75 bits per heavy atom. The van der Waals surface area contributed by atoms with Crippen molar-refractivity contribution in [2.24, 2.45) is 0 Å². The number of hydrogen-bond donors (Lipinski definition) is 2. The van der Waals surface area contributed by atoms with E-state index in [1.165, 1.54) is 6.07 Å². The van der Waals surface area contributed by atoms with E-state index in [1.807, 2.05) is 6.92 Å². The molecule has 0 aliphatic carbocycles. The van der Waals surface area contributed by atoms with Gasteiger partial charge in [-0.3, -0.25) is 9.69 Å². The maximum atomic E-state index is 13.7. The van der Waals surface area contributed by atoms with E-state index >= 15 is 0 Å². The van der Waals surface area contributed by atoms with Crippen LogP contribution in [0.1, 0.15) is 12.7 Å². The van der Waals surface area contributed by atoms with Crippen molar-refractivity contribution >= 4 is 16.9 Å². The highest BCUT2D eigenvalue weighted by Crippen LogP contribution is 2.18. The van der Waals surface area contributed by atoms with Crippen LogP contribution in [0.4, 0.5) is 8.78 Å². The largest absolute Gasteiger partial charge is 0.348 e. The van der Waals surface area contributed by atoms with E-state index in [0.717, 1.165) is 32.2 Å². The molecule has 1 aliphatic rings. The summed E-state index contributed by atoms with van der Waals surface area (Å²) in [6.07, 6.45) is 0. The SMILES string of the molecule is CC(C(=O)NCc1nc2c(F)c(F)ccc2[nH]1)N1CCN(C)CC1. The fraction of sp³-hybridized carbons (Fsp3) is 0.500. The molecule has 130 valence electrons. The van der Waals surface area contributed by atoms with Gasteiger partial charge in [0, 0.05) is 26.2 Å². The van der Waals surface area contributed by atoms with Crippen LogP contribution < -0.4 is 5.32 Å². The second kappa shape index (κ2) is 6.82. The smallest absolute Gasteiger partial charge is 0.237 e. The van der Waals surface area contributed by atoms with Gasteiger partial charge in [0.1, 0.15) is 11.3 Å². The highest BCUT2D eigenvalue weighted by atomic mass is 19.2. The third kappa shape index (κ3) is 3.39. The van der Waals surface area contributed by atoms with Crippen LogP contribution in [0.25, 0.3) is 11.0 Å². The highest BCUT2D eigenvalue weighted by Gasteiger charge is 2.24. The van der Waals surface area contributed by atoms with Crippen molar-refractivity contribution in [2.45, 2.75) is 19.5 Å². The molecule has 1 aromatic carbocycles. The number of imidazole rings is 1. The first-order valence-electron chi connectivity index (χ1n) is 7.98. The Labute approximate surface area is 138 Å². The molecule has 6 nitrogen and oxygen atoms in total. The molecule has 0 radical (unpaired) electrons. The summed E-state index contributed by atoms with van der Waals surface area (Å²) in [5.41, 5.74) is 0.358. The van der Waals surface area contributed by atoms with Gasteiger partial charge in [0.2, 0.25) is 5.91 Å². The number of hydrogen-bond acceptors (Lipinski definition) is 4. The van der Waals surface area contributed by atoms with Crippen LogP contribution in [-0.4, -0.2) is 64.9 Å². The van der Waals surface area contributed by atoms with Crippen LogP contribution in [0.15, 0.2) is 12.1 Å². The van der Waals surface area contributed by atoms with E-state index in [9.17, 15) is 13.6 Å². The van der Waals surface area contributed by atoms with Crippen molar-refractivity contribution in [3.63, 3.8) is 0 Å². The van der Waals surface area contributed by atoms with Crippen molar-refractivity contribution in [3.05, 3.63) is 29.6 Å². The van der Waals surface area contributed by atoms with Crippen molar-refractivity contribution in [1.29, 1.82) is 0 Å². The first-order valence-corrected chi connectivity index (χ1v) is 7.98. The number of halogens is 2. The molecule has 1 amide bonds. The maximum absolute atomic E-state index is 13.7. The number of piperazine rings is 1. The highest BCUT2D eigenvalue weighted by molar-refractivity contribution is 5.81. The van der Waals surface area contributed by atoms with Gasteiger partial charge in [-0.1, -0.05) is 0 Å². The van der Waals surface area contributed by atoms with Gasteiger partial charge in [-0.25, -0.2) is 13.8 Å². The van der Waals surface area contributed by atoms with E-state index in [-0.39, 0.29) is 24.0 Å². The first-order chi connectivity index (χ1) is 11.5. The Hall–Kier alpha value is -2.06. The van der Waals surface area contributed by atoms with Crippen LogP contribution in [0.2, 0.25) is 0 Å². The zero-order valence-electron chi connectivity index (χ0n) is 13.8. The maximum Gasteiger partial charge on any atom is 0.237 e. The second-order valence-corrected chi connectivity index (χ2v) is 6.17. The van der Waals surface area contributed by atoms with Crippen LogP contribution in [0, 0.1) is 11.6 Å². The molecule has 1 aliphatic heterocycles. The lowest BCUT2D eigenvalue weighted by atomic mass is 10.2. The lowest BCUT2D eigenvalue weighted by molar-refractivity contribution is -0.126. The molecule has 1 atom stereocenters. The number of nitrogens with zero attached hydrogens (tertiary/aromatic N) is 3. The van der Waals surface area contributed by atoms with Crippen LogP contribution >= 0.6 is 0 Å². The van der Waals surface area contributed by atoms with Crippen molar-refractivity contribution in [1.82, 2.24) is 25.1 Å². The Balaban J connectivity index is 1.61. The number of H-pyrrole nitrogens is 1. The number of benzene rings is 1. The Bertz CT molecular complexity index is 739. The molecule has 1 saturated heterocycles. The number of carbonyl (C=O) groups excluding carboxylic acids is 1. The lowest BCUT2D eigenvalue weighted by Crippen LogP contribution is -2.52. The van der Waals surface area contributed by atoms with Gasteiger partial charge in [0.15, 0.2) is 11.6 Å². The monoisotopic (exact) mass is 337 g/mol. The molecule has 3 rings (SSSR count). The predicted molar refractivity (Wildman–Crippen MR) is 86.4 cm³/mol. The standard InChI is InChI=1S/C16H21F2N5O/c1-10(23-7-5-22(2)6-8-23)16(24)19-9-13-20-12-4-3-11(17)14(18)15(12)21-13/h3-4,10H,5-9H2,1-2H3,(H,19,24)(H,20,21). The second-order valence-electron chi connectivity index (χ2n) is 6.17. The summed E-state index contributed by atoms with van der Waals surface area (Å²) in [7, 11) is 2.06. The van der Waals surface area contributed by atoms with Crippen LogP contribution in [0.5, 0.6) is 0 Å². The lowest BCUT2D eigenvalue weighted by Gasteiger charge is -2.35. The van der Waals surface area contributed by atoms with Crippen LogP contribution in [0.3, 0.4) is 0 Å². The summed E-state index contributed by atoms with van der Waals surface area (Å²) in [5.74, 6) is -1.62. The number of amides is 1. The summed E-state index contributed by atoms with van der Waals surface area (Å²) in [6, 6.07) is 2.24. The minimum Gasteiger partial charge on any atom is -0.348 e. The third-order valence-corrected chi connectivity index (χ3v) is 4.49. The Morgan fingerprint density at radius 1 is 1.33 bits per heavy atom. The quantitative estimate of drug-likeness (QED) is 0.877.